The van der Waals surface area contributed by atoms with Crippen molar-refractivity contribution in [3.05, 3.63) is 18.2 Å². The number of hydrogen-bond acceptors (Lipinski definition) is 2. The Morgan fingerprint density at radius 1 is 1.56 bits per heavy atom. The molecular formula is C12H21N3O. The maximum absolute atomic E-state index is 11.3. The first-order chi connectivity index (χ1) is 7.63. The molecule has 0 bridgehead atoms. The van der Waals surface area contributed by atoms with Gasteiger partial charge >= 0.3 is 0 Å². The molecule has 4 nitrogen and oxygen atoms in total. The van der Waals surface area contributed by atoms with Crippen molar-refractivity contribution in [3.63, 3.8) is 0 Å². The van der Waals surface area contributed by atoms with E-state index in [1.54, 1.807) is 0 Å². The summed E-state index contributed by atoms with van der Waals surface area (Å²) in [5.41, 5.74) is 1.04. The summed E-state index contributed by atoms with van der Waals surface area (Å²) in [5, 5.41) is 2.88. The largest absolute Gasteiger partial charge is 0.355 e. The first-order valence-electron chi connectivity index (χ1n) is 5.91. The van der Waals surface area contributed by atoms with Gasteiger partial charge in [0.2, 0.25) is 5.91 Å². The fourth-order valence-corrected chi connectivity index (χ4v) is 1.43. The third-order valence-corrected chi connectivity index (χ3v) is 2.37. The van der Waals surface area contributed by atoms with Crippen molar-refractivity contribution in [1.82, 2.24) is 14.9 Å². The lowest BCUT2D eigenvalue weighted by atomic mass is 10.2. The monoisotopic (exact) mass is 223 g/mol. The average molecular weight is 223 g/mol. The van der Waals surface area contributed by atoms with Crippen LogP contribution >= 0.6 is 0 Å². The van der Waals surface area contributed by atoms with E-state index in [4.69, 9.17) is 0 Å². The number of carbonyl (C=O) groups excluding carboxylic acids is 1. The molecule has 0 aliphatic rings. The predicted molar refractivity (Wildman–Crippen MR) is 64.1 cm³/mol. The minimum absolute atomic E-state index is 0.0534. The Balaban J connectivity index is 2.29. The second kappa shape index (κ2) is 6.30. The maximum atomic E-state index is 11.3. The summed E-state index contributed by atoms with van der Waals surface area (Å²) < 4.78 is 2.08. The van der Waals surface area contributed by atoms with Gasteiger partial charge in [-0.2, -0.15) is 0 Å². The number of nitrogens with one attached hydrogen (secondary N) is 1. The number of aromatic nitrogens is 2. The molecule has 0 spiro atoms. The van der Waals surface area contributed by atoms with Gasteiger partial charge in [-0.15, -0.1) is 0 Å². The molecule has 0 aliphatic heterocycles. The van der Waals surface area contributed by atoms with Crippen LogP contribution in [0.3, 0.4) is 0 Å². The third-order valence-electron chi connectivity index (χ3n) is 2.37. The number of carbonyl (C=O) groups is 1. The molecule has 0 saturated heterocycles. The second-order valence-electron chi connectivity index (χ2n) is 4.30. The Hall–Kier alpha value is -1.32. The second-order valence-corrected chi connectivity index (χ2v) is 4.30. The minimum atomic E-state index is 0.0534. The van der Waals surface area contributed by atoms with E-state index in [0.717, 1.165) is 25.1 Å². The van der Waals surface area contributed by atoms with Crippen molar-refractivity contribution in [2.24, 2.45) is 5.92 Å². The van der Waals surface area contributed by atoms with E-state index in [1.165, 1.54) is 0 Å². The molecule has 0 saturated carbocycles. The van der Waals surface area contributed by atoms with Gasteiger partial charge in [0.15, 0.2) is 0 Å². The molecule has 0 unspecified atom stereocenters. The molecule has 16 heavy (non-hydrogen) atoms. The summed E-state index contributed by atoms with van der Waals surface area (Å²) in [5.74, 6) is 0.158. The van der Waals surface area contributed by atoms with Gasteiger partial charge in [-0.25, -0.2) is 4.98 Å². The van der Waals surface area contributed by atoms with Gasteiger partial charge in [0.1, 0.15) is 0 Å². The molecule has 90 valence electrons. The molecular weight excluding hydrogens is 202 g/mol. The van der Waals surface area contributed by atoms with Gasteiger partial charge in [0.25, 0.3) is 0 Å². The Morgan fingerprint density at radius 2 is 2.31 bits per heavy atom. The average Bonchev–Trinajstić information content (AvgIpc) is 2.66. The van der Waals surface area contributed by atoms with Crippen LogP contribution in [0, 0.1) is 5.92 Å². The van der Waals surface area contributed by atoms with E-state index in [0.29, 0.717) is 6.54 Å². The molecule has 1 rings (SSSR count). The Kier molecular flexibility index (Phi) is 5.02. The first-order valence-corrected chi connectivity index (χ1v) is 5.91. The zero-order valence-corrected chi connectivity index (χ0v) is 10.4. The molecule has 0 fully saturated rings. The van der Waals surface area contributed by atoms with E-state index < -0.39 is 0 Å². The van der Waals surface area contributed by atoms with E-state index in [2.05, 4.69) is 21.8 Å². The van der Waals surface area contributed by atoms with Gasteiger partial charge in [0, 0.05) is 31.6 Å². The van der Waals surface area contributed by atoms with Crippen molar-refractivity contribution < 1.29 is 4.79 Å². The van der Waals surface area contributed by atoms with Gasteiger partial charge in [0.05, 0.1) is 12.0 Å². The summed E-state index contributed by atoms with van der Waals surface area (Å²) in [6.07, 6.45) is 5.81. The lowest BCUT2D eigenvalue weighted by Gasteiger charge is -2.05. The maximum Gasteiger partial charge on any atom is 0.222 e. The van der Waals surface area contributed by atoms with Crippen LogP contribution in [0.5, 0.6) is 0 Å². The predicted octanol–water partition coefficient (Wildman–Crippen LogP) is 1.61. The van der Waals surface area contributed by atoms with Crippen LogP contribution in [-0.2, 0) is 17.8 Å². The van der Waals surface area contributed by atoms with Crippen LogP contribution in [0.4, 0.5) is 0 Å². The van der Waals surface area contributed by atoms with Crippen LogP contribution < -0.4 is 5.32 Å². The highest BCUT2D eigenvalue weighted by atomic mass is 16.1. The lowest BCUT2D eigenvalue weighted by molar-refractivity contribution is -0.123. The number of nitrogens with zero attached hydrogens (tertiary/aromatic N) is 2. The van der Waals surface area contributed by atoms with Gasteiger partial charge in [-0.1, -0.05) is 20.8 Å². The molecule has 1 aromatic heterocycles. The third kappa shape index (κ3) is 4.04. The molecule has 0 radical (unpaired) electrons. The molecule has 0 aromatic carbocycles. The van der Waals surface area contributed by atoms with Crippen LogP contribution in [-0.4, -0.2) is 22.0 Å². The zero-order chi connectivity index (χ0) is 12.0. The molecule has 0 aliphatic carbocycles. The van der Waals surface area contributed by atoms with E-state index in [-0.39, 0.29) is 11.8 Å². The smallest absolute Gasteiger partial charge is 0.222 e. The van der Waals surface area contributed by atoms with Crippen molar-refractivity contribution in [2.75, 3.05) is 6.54 Å². The number of imidazole rings is 1. The van der Waals surface area contributed by atoms with Gasteiger partial charge in [-0.05, 0) is 6.42 Å². The van der Waals surface area contributed by atoms with Crippen molar-refractivity contribution >= 4 is 5.91 Å². The number of hydrogen-bond donors (Lipinski definition) is 1. The standard InChI is InChI=1S/C12H21N3O/c1-4-7-15-8-11(14-9-15)5-6-13-12(16)10(2)3/h8-10H,4-7H2,1-3H3,(H,13,16). The highest BCUT2D eigenvalue weighted by Gasteiger charge is 2.05. The van der Waals surface area contributed by atoms with Crippen molar-refractivity contribution in [1.29, 1.82) is 0 Å². The van der Waals surface area contributed by atoms with Crippen LogP contribution in [0.25, 0.3) is 0 Å². The molecule has 1 amide bonds. The molecule has 4 heteroatoms. The summed E-state index contributed by atoms with van der Waals surface area (Å²) in [6, 6.07) is 0. The molecule has 1 aromatic rings. The van der Waals surface area contributed by atoms with E-state index in [9.17, 15) is 4.79 Å². The number of aryl methyl sites for hydroxylation is 1. The SMILES string of the molecule is CCCn1cnc(CCNC(=O)C(C)C)c1. The Labute approximate surface area is 97.1 Å². The van der Waals surface area contributed by atoms with Crippen LogP contribution in [0.1, 0.15) is 32.9 Å². The quantitative estimate of drug-likeness (QED) is 0.796. The topological polar surface area (TPSA) is 46.9 Å². The highest BCUT2D eigenvalue weighted by Crippen LogP contribution is 1.98. The van der Waals surface area contributed by atoms with E-state index >= 15 is 0 Å². The van der Waals surface area contributed by atoms with Gasteiger partial charge in [-0.3, -0.25) is 4.79 Å². The lowest BCUT2D eigenvalue weighted by Crippen LogP contribution is -2.29. The molecule has 1 heterocycles. The highest BCUT2D eigenvalue weighted by molar-refractivity contribution is 5.77. The molecule has 0 atom stereocenters. The summed E-state index contributed by atoms with van der Waals surface area (Å²) in [7, 11) is 0. The minimum Gasteiger partial charge on any atom is -0.355 e. The Morgan fingerprint density at radius 3 is 2.94 bits per heavy atom. The van der Waals surface area contributed by atoms with Crippen LogP contribution in [0.15, 0.2) is 12.5 Å². The van der Waals surface area contributed by atoms with Crippen molar-refractivity contribution in [3.8, 4) is 0 Å². The summed E-state index contributed by atoms with van der Waals surface area (Å²) in [4.78, 5) is 15.6. The van der Waals surface area contributed by atoms with Crippen LogP contribution in [0.2, 0.25) is 0 Å². The number of rotatable bonds is 6. The summed E-state index contributed by atoms with van der Waals surface area (Å²) >= 11 is 0. The fourth-order valence-electron chi connectivity index (χ4n) is 1.43. The molecule has 1 N–H and O–H groups in total. The van der Waals surface area contributed by atoms with Gasteiger partial charge < -0.3 is 9.88 Å². The first kappa shape index (κ1) is 12.7. The fraction of sp³-hybridized carbons (Fsp3) is 0.667. The number of amides is 1. The zero-order valence-electron chi connectivity index (χ0n) is 10.4. The van der Waals surface area contributed by atoms with E-state index in [1.807, 2.05) is 26.4 Å². The Bertz CT molecular complexity index is 331. The normalized spacial score (nSPS) is 10.8. The summed E-state index contributed by atoms with van der Waals surface area (Å²) in [6.45, 7) is 7.60. The van der Waals surface area contributed by atoms with Crippen molar-refractivity contribution in [2.45, 2.75) is 40.2 Å².